The van der Waals surface area contributed by atoms with Gasteiger partial charge >= 0.3 is 0 Å². The van der Waals surface area contributed by atoms with Gasteiger partial charge in [-0.15, -0.1) is 0 Å². The van der Waals surface area contributed by atoms with E-state index in [1.165, 1.54) is 0 Å². The Balaban J connectivity index is 2.24. The summed E-state index contributed by atoms with van der Waals surface area (Å²) in [6, 6.07) is 0.931. The van der Waals surface area contributed by atoms with Gasteiger partial charge in [0.05, 0.1) is 0 Å². The Bertz CT molecular complexity index is 208. The van der Waals surface area contributed by atoms with Crippen molar-refractivity contribution in [1.82, 2.24) is 10.2 Å². The topological polar surface area (TPSA) is 58.4 Å². The Kier molecular flexibility index (Phi) is 5.05. The van der Waals surface area contributed by atoms with E-state index < -0.39 is 0 Å². The molecule has 1 fully saturated rings. The molecule has 0 radical (unpaired) electrons. The van der Waals surface area contributed by atoms with Gasteiger partial charge in [0, 0.05) is 25.0 Å². The maximum atomic E-state index is 11.5. The van der Waals surface area contributed by atoms with Gasteiger partial charge in [0.1, 0.15) is 0 Å². The molecule has 3 N–H and O–H groups in total. The number of hydrogen-bond acceptors (Lipinski definition) is 3. The van der Waals surface area contributed by atoms with Crippen molar-refractivity contribution >= 4 is 5.91 Å². The molecule has 1 amide bonds. The van der Waals surface area contributed by atoms with Crippen molar-refractivity contribution in [2.24, 2.45) is 5.73 Å². The van der Waals surface area contributed by atoms with Crippen molar-refractivity contribution in [2.45, 2.75) is 44.7 Å². The molecule has 1 heterocycles. The van der Waals surface area contributed by atoms with Gasteiger partial charge in [-0.05, 0) is 39.8 Å². The molecule has 4 heteroatoms. The molecule has 1 rings (SSSR count). The van der Waals surface area contributed by atoms with Crippen molar-refractivity contribution in [1.29, 1.82) is 0 Å². The number of hydrogen-bond donors (Lipinski definition) is 2. The number of piperidine rings is 1. The fourth-order valence-corrected chi connectivity index (χ4v) is 1.98. The second-order valence-corrected chi connectivity index (χ2v) is 4.51. The van der Waals surface area contributed by atoms with Gasteiger partial charge in [0.15, 0.2) is 0 Å². The van der Waals surface area contributed by atoms with Crippen LogP contribution in [0.4, 0.5) is 0 Å². The number of nitrogens with two attached hydrogens (primary N) is 1. The van der Waals surface area contributed by atoms with E-state index in [9.17, 15) is 4.79 Å². The average molecular weight is 213 g/mol. The Morgan fingerprint density at radius 2 is 2.33 bits per heavy atom. The van der Waals surface area contributed by atoms with Crippen molar-refractivity contribution in [2.75, 3.05) is 20.1 Å². The molecule has 0 aliphatic carbocycles. The molecule has 0 bridgehead atoms. The van der Waals surface area contributed by atoms with Crippen molar-refractivity contribution in [3.8, 4) is 0 Å². The molecule has 2 atom stereocenters. The van der Waals surface area contributed by atoms with Crippen molar-refractivity contribution < 1.29 is 4.79 Å². The van der Waals surface area contributed by atoms with Crippen LogP contribution in [-0.4, -0.2) is 43.0 Å². The molecule has 0 saturated carbocycles. The first-order chi connectivity index (χ1) is 7.13. The standard InChI is InChI=1S/C11H23N3O/c1-9-8-10(5-7-14(9)2)13-11(15)4-3-6-12/h9-10H,3-8,12H2,1-2H3,(H,13,15). The van der Waals surface area contributed by atoms with Crippen LogP contribution in [0.25, 0.3) is 0 Å². The number of rotatable bonds is 4. The SMILES string of the molecule is CC1CC(NC(=O)CCCN)CCN1C. The zero-order chi connectivity index (χ0) is 11.3. The van der Waals surface area contributed by atoms with E-state index in [1.807, 2.05) is 0 Å². The van der Waals surface area contributed by atoms with E-state index in [4.69, 9.17) is 5.73 Å². The first-order valence-corrected chi connectivity index (χ1v) is 5.83. The van der Waals surface area contributed by atoms with Gasteiger partial charge in [-0.1, -0.05) is 0 Å². The van der Waals surface area contributed by atoms with E-state index in [-0.39, 0.29) is 5.91 Å². The Hall–Kier alpha value is -0.610. The minimum absolute atomic E-state index is 0.155. The van der Waals surface area contributed by atoms with Gasteiger partial charge in [-0.2, -0.15) is 0 Å². The summed E-state index contributed by atoms with van der Waals surface area (Å²) in [5.41, 5.74) is 5.36. The minimum atomic E-state index is 0.155. The molecule has 15 heavy (non-hydrogen) atoms. The molecule has 0 spiro atoms. The maximum Gasteiger partial charge on any atom is 0.220 e. The molecule has 88 valence electrons. The summed E-state index contributed by atoms with van der Waals surface area (Å²) in [5.74, 6) is 0.155. The number of carbonyl (C=O) groups excluding carboxylic acids is 1. The summed E-state index contributed by atoms with van der Waals surface area (Å²) in [5, 5.41) is 3.08. The lowest BCUT2D eigenvalue weighted by Crippen LogP contribution is -2.47. The molecule has 4 nitrogen and oxygen atoms in total. The van der Waals surface area contributed by atoms with Gasteiger partial charge in [0.25, 0.3) is 0 Å². The zero-order valence-corrected chi connectivity index (χ0v) is 9.83. The van der Waals surface area contributed by atoms with E-state index in [0.717, 1.165) is 25.8 Å². The lowest BCUT2D eigenvalue weighted by atomic mass is 9.99. The van der Waals surface area contributed by atoms with Gasteiger partial charge < -0.3 is 16.0 Å². The summed E-state index contributed by atoms with van der Waals surface area (Å²) < 4.78 is 0. The smallest absolute Gasteiger partial charge is 0.220 e. The van der Waals surface area contributed by atoms with E-state index in [1.54, 1.807) is 0 Å². The van der Waals surface area contributed by atoms with Crippen LogP contribution in [0.15, 0.2) is 0 Å². The van der Waals surface area contributed by atoms with Crippen LogP contribution in [-0.2, 0) is 4.79 Å². The molecular weight excluding hydrogens is 190 g/mol. The lowest BCUT2D eigenvalue weighted by molar-refractivity contribution is -0.122. The summed E-state index contributed by atoms with van der Waals surface area (Å²) in [6.45, 7) is 3.87. The van der Waals surface area contributed by atoms with E-state index >= 15 is 0 Å². The highest BCUT2D eigenvalue weighted by Gasteiger charge is 2.23. The van der Waals surface area contributed by atoms with Crippen LogP contribution in [0.2, 0.25) is 0 Å². The van der Waals surface area contributed by atoms with Crippen LogP contribution in [0.5, 0.6) is 0 Å². The van der Waals surface area contributed by atoms with E-state index in [0.29, 0.717) is 25.0 Å². The third-order valence-corrected chi connectivity index (χ3v) is 3.18. The molecule has 0 aromatic heterocycles. The van der Waals surface area contributed by atoms with E-state index in [2.05, 4.69) is 24.2 Å². The van der Waals surface area contributed by atoms with Gasteiger partial charge in [-0.25, -0.2) is 0 Å². The number of likely N-dealkylation sites (tertiary alicyclic amines) is 1. The first-order valence-electron chi connectivity index (χ1n) is 5.83. The number of carbonyl (C=O) groups is 1. The normalized spacial score (nSPS) is 27.7. The molecule has 0 aromatic carbocycles. The number of nitrogens with zero attached hydrogens (tertiary/aromatic N) is 1. The molecule has 2 unspecified atom stereocenters. The first kappa shape index (κ1) is 12.5. The largest absolute Gasteiger partial charge is 0.353 e. The highest BCUT2D eigenvalue weighted by Crippen LogP contribution is 2.15. The zero-order valence-electron chi connectivity index (χ0n) is 9.83. The minimum Gasteiger partial charge on any atom is -0.353 e. The van der Waals surface area contributed by atoms with Crippen LogP contribution < -0.4 is 11.1 Å². The Morgan fingerprint density at radius 1 is 1.60 bits per heavy atom. The fourth-order valence-electron chi connectivity index (χ4n) is 1.98. The number of nitrogens with one attached hydrogen (secondary N) is 1. The van der Waals surface area contributed by atoms with Gasteiger partial charge in [0.2, 0.25) is 5.91 Å². The second kappa shape index (κ2) is 6.08. The third kappa shape index (κ3) is 4.18. The summed E-state index contributed by atoms with van der Waals surface area (Å²) in [7, 11) is 2.14. The predicted molar refractivity (Wildman–Crippen MR) is 61.5 cm³/mol. The summed E-state index contributed by atoms with van der Waals surface area (Å²) in [4.78, 5) is 13.8. The Morgan fingerprint density at radius 3 is 2.93 bits per heavy atom. The Labute approximate surface area is 92.2 Å². The lowest BCUT2D eigenvalue weighted by Gasteiger charge is -2.35. The second-order valence-electron chi connectivity index (χ2n) is 4.51. The van der Waals surface area contributed by atoms with Crippen molar-refractivity contribution in [3.05, 3.63) is 0 Å². The quantitative estimate of drug-likeness (QED) is 0.707. The van der Waals surface area contributed by atoms with Crippen LogP contribution in [0.1, 0.15) is 32.6 Å². The van der Waals surface area contributed by atoms with Crippen LogP contribution >= 0.6 is 0 Å². The molecule has 1 aliphatic rings. The van der Waals surface area contributed by atoms with Crippen LogP contribution in [0.3, 0.4) is 0 Å². The number of amides is 1. The molecule has 0 aromatic rings. The summed E-state index contributed by atoms with van der Waals surface area (Å²) >= 11 is 0. The fraction of sp³-hybridized carbons (Fsp3) is 0.909. The maximum absolute atomic E-state index is 11.5. The monoisotopic (exact) mass is 213 g/mol. The van der Waals surface area contributed by atoms with Crippen molar-refractivity contribution in [3.63, 3.8) is 0 Å². The molecular formula is C11H23N3O. The van der Waals surface area contributed by atoms with Gasteiger partial charge in [-0.3, -0.25) is 4.79 Å². The predicted octanol–water partition coefficient (Wildman–Crippen LogP) is 0.324. The van der Waals surface area contributed by atoms with Crippen LogP contribution in [0, 0.1) is 0 Å². The molecule has 1 saturated heterocycles. The highest BCUT2D eigenvalue weighted by molar-refractivity contribution is 5.76. The average Bonchev–Trinajstić information content (AvgIpc) is 2.20. The third-order valence-electron chi connectivity index (χ3n) is 3.18. The highest BCUT2D eigenvalue weighted by atomic mass is 16.1. The molecule has 1 aliphatic heterocycles. The summed E-state index contributed by atoms with van der Waals surface area (Å²) in [6.07, 6.45) is 3.48.